The van der Waals surface area contributed by atoms with E-state index in [1.165, 1.54) is 0 Å². The molecule has 3 aliphatic rings. The third-order valence-electron chi connectivity index (χ3n) is 5.68. The lowest BCUT2D eigenvalue weighted by molar-refractivity contribution is -0.153. The topological polar surface area (TPSA) is 101 Å². The van der Waals surface area contributed by atoms with Crippen LogP contribution < -0.4 is 0 Å². The second-order valence-electron chi connectivity index (χ2n) is 7.29. The van der Waals surface area contributed by atoms with Crippen LogP contribution in [-0.2, 0) is 19.1 Å². The highest BCUT2D eigenvalue weighted by atomic mass is 16.5. The largest absolute Gasteiger partial charge is 0.462 e. The molecule has 2 fully saturated rings. The first-order chi connectivity index (χ1) is 13.5. The van der Waals surface area contributed by atoms with Gasteiger partial charge in [-0.05, 0) is 25.0 Å². The molecular formula is C20H20N2O6. The Balaban J connectivity index is 1.30. The van der Waals surface area contributed by atoms with E-state index >= 15 is 0 Å². The number of amides is 4. The average Bonchev–Trinajstić information content (AvgIpc) is 3.09. The Morgan fingerprint density at radius 1 is 0.893 bits per heavy atom. The zero-order valence-electron chi connectivity index (χ0n) is 15.3. The number of esters is 1. The summed E-state index contributed by atoms with van der Waals surface area (Å²) < 4.78 is 5.08. The van der Waals surface area contributed by atoms with Gasteiger partial charge in [0.05, 0.1) is 29.5 Å². The second-order valence-corrected chi connectivity index (χ2v) is 7.29. The number of likely N-dealkylation sites (tertiary alicyclic amines) is 1. The van der Waals surface area contributed by atoms with E-state index in [0.717, 1.165) is 22.6 Å². The second kappa shape index (κ2) is 7.18. The van der Waals surface area contributed by atoms with Crippen LogP contribution in [0.25, 0.3) is 0 Å². The highest BCUT2D eigenvalue weighted by Gasteiger charge is 2.48. The highest BCUT2D eigenvalue weighted by Crippen LogP contribution is 2.37. The fraction of sp³-hybridized carbons (Fsp3) is 0.450. The Bertz CT molecular complexity index is 820. The zero-order valence-corrected chi connectivity index (χ0v) is 15.3. The first-order valence-electron chi connectivity index (χ1n) is 9.45. The highest BCUT2D eigenvalue weighted by molar-refractivity contribution is 6.21. The summed E-state index contributed by atoms with van der Waals surface area (Å²) in [5, 5.41) is 0. The molecule has 146 valence electrons. The van der Waals surface area contributed by atoms with Crippen molar-refractivity contribution in [2.45, 2.75) is 25.7 Å². The summed E-state index contributed by atoms with van der Waals surface area (Å²) >= 11 is 0. The molecule has 2 atom stereocenters. The molecular weight excluding hydrogens is 364 g/mol. The molecule has 8 nitrogen and oxygen atoms in total. The number of carbonyl (C=O) groups excluding carboxylic acids is 5. The number of carbonyl (C=O) groups is 5. The molecule has 1 saturated heterocycles. The van der Waals surface area contributed by atoms with Crippen LogP contribution in [0.2, 0.25) is 0 Å². The van der Waals surface area contributed by atoms with Crippen LogP contribution in [0.15, 0.2) is 24.3 Å². The number of benzene rings is 1. The molecule has 1 aromatic rings. The van der Waals surface area contributed by atoms with Gasteiger partial charge < -0.3 is 4.74 Å². The van der Waals surface area contributed by atoms with Crippen LogP contribution in [0.1, 0.15) is 46.4 Å². The van der Waals surface area contributed by atoms with Gasteiger partial charge in [0.25, 0.3) is 11.8 Å². The van der Waals surface area contributed by atoms with E-state index in [0.29, 0.717) is 24.0 Å². The predicted molar refractivity (Wildman–Crippen MR) is 94.9 cm³/mol. The van der Waals surface area contributed by atoms with Crippen molar-refractivity contribution in [3.05, 3.63) is 35.4 Å². The molecule has 0 aromatic heterocycles. The maximum Gasteiger partial charge on any atom is 0.326 e. The fourth-order valence-electron chi connectivity index (χ4n) is 4.25. The summed E-state index contributed by atoms with van der Waals surface area (Å²) in [5.74, 6) is -2.80. The molecule has 8 heteroatoms. The minimum Gasteiger partial charge on any atom is -0.462 e. The molecule has 1 saturated carbocycles. The monoisotopic (exact) mass is 384 g/mol. The van der Waals surface area contributed by atoms with E-state index < -0.39 is 24.3 Å². The van der Waals surface area contributed by atoms with Gasteiger partial charge >= 0.3 is 5.97 Å². The van der Waals surface area contributed by atoms with Gasteiger partial charge in [0, 0.05) is 0 Å². The Morgan fingerprint density at radius 3 is 1.96 bits per heavy atom. The van der Waals surface area contributed by atoms with Gasteiger partial charge in [-0.1, -0.05) is 25.0 Å². The van der Waals surface area contributed by atoms with Crippen molar-refractivity contribution in [3.63, 3.8) is 0 Å². The molecule has 0 N–H and O–H groups in total. The van der Waals surface area contributed by atoms with Crippen LogP contribution in [-0.4, -0.2) is 59.1 Å². The van der Waals surface area contributed by atoms with Gasteiger partial charge in [-0.2, -0.15) is 0 Å². The minimum atomic E-state index is -0.725. The van der Waals surface area contributed by atoms with Gasteiger partial charge in [0.15, 0.2) is 0 Å². The molecule has 4 amide bonds. The van der Waals surface area contributed by atoms with E-state index in [1.54, 1.807) is 24.3 Å². The normalized spacial score (nSPS) is 23.9. The van der Waals surface area contributed by atoms with E-state index in [1.807, 2.05) is 0 Å². The molecule has 4 rings (SSSR count). The van der Waals surface area contributed by atoms with Gasteiger partial charge in [-0.15, -0.1) is 0 Å². The van der Waals surface area contributed by atoms with Crippen molar-refractivity contribution in [3.8, 4) is 0 Å². The lowest BCUT2D eigenvalue weighted by Crippen LogP contribution is -2.38. The molecule has 1 aliphatic carbocycles. The lowest BCUT2D eigenvalue weighted by atomic mass is 9.81. The van der Waals surface area contributed by atoms with Crippen molar-refractivity contribution in [1.82, 2.24) is 9.80 Å². The fourth-order valence-corrected chi connectivity index (χ4v) is 4.25. The SMILES string of the molecule is O=C(CN1C(=O)[C@@H]2CCCC[C@H]2C1=O)OCCN1C(=O)c2ccccc2C1=O. The van der Waals surface area contributed by atoms with Crippen LogP contribution >= 0.6 is 0 Å². The van der Waals surface area contributed by atoms with Crippen molar-refractivity contribution in [2.75, 3.05) is 19.7 Å². The first kappa shape index (κ1) is 18.3. The molecule has 0 unspecified atom stereocenters. The van der Waals surface area contributed by atoms with Gasteiger partial charge in [0.2, 0.25) is 11.8 Å². The molecule has 0 radical (unpaired) electrons. The number of hydrogen-bond donors (Lipinski definition) is 0. The summed E-state index contributed by atoms with van der Waals surface area (Å²) in [4.78, 5) is 63.4. The number of ether oxygens (including phenoxy) is 1. The number of fused-ring (bicyclic) bond motifs is 2. The number of hydrogen-bond acceptors (Lipinski definition) is 6. The summed E-state index contributed by atoms with van der Waals surface area (Å²) in [6, 6.07) is 6.50. The van der Waals surface area contributed by atoms with Gasteiger partial charge in [-0.25, -0.2) is 0 Å². The maximum absolute atomic E-state index is 12.4. The molecule has 0 bridgehead atoms. The molecule has 28 heavy (non-hydrogen) atoms. The quantitative estimate of drug-likeness (QED) is 0.555. The third kappa shape index (κ3) is 2.98. The summed E-state index contributed by atoms with van der Waals surface area (Å²) in [5.41, 5.74) is 0.657. The molecule has 2 aliphatic heterocycles. The molecule has 1 aromatic carbocycles. The predicted octanol–water partition coefficient (Wildman–Crippen LogP) is 1.00. The van der Waals surface area contributed by atoms with Gasteiger partial charge in [-0.3, -0.25) is 33.8 Å². The Kier molecular flexibility index (Phi) is 4.70. The van der Waals surface area contributed by atoms with Crippen molar-refractivity contribution < 1.29 is 28.7 Å². The molecule has 2 heterocycles. The van der Waals surface area contributed by atoms with E-state index in [-0.39, 0.29) is 36.8 Å². The summed E-state index contributed by atoms with van der Waals surface area (Å²) in [6.45, 7) is -0.689. The zero-order chi connectivity index (χ0) is 19.8. The average molecular weight is 384 g/mol. The Morgan fingerprint density at radius 2 is 1.43 bits per heavy atom. The first-order valence-corrected chi connectivity index (χ1v) is 9.45. The maximum atomic E-state index is 12.4. The standard InChI is InChI=1S/C20H20N2O6/c23-16(11-22-19(26)14-7-3-4-8-15(14)20(22)27)28-10-9-21-17(24)12-5-1-2-6-13(12)18(21)25/h1-2,5-6,14-15H,3-4,7-11H2/t14-,15-/m1/s1. The van der Waals surface area contributed by atoms with Crippen LogP contribution in [0.3, 0.4) is 0 Å². The third-order valence-corrected chi connectivity index (χ3v) is 5.68. The summed E-state index contributed by atoms with van der Waals surface area (Å²) in [6.07, 6.45) is 3.19. The van der Waals surface area contributed by atoms with Crippen molar-refractivity contribution in [2.24, 2.45) is 11.8 Å². The van der Waals surface area contributed by atoms with E-state index in [2.05, 4.69) is 0 Å². The molecule has 0 spiro atoms. The Labute approximate surface area is 161 Å². The van der Waals surface area contributed by atoms with Crippen molar-refractivity contribution in [1.29, 1.82) is 0 Å². The Hall–Kier alpha value is -3.03. The minimum absolute atomic E-state index is 0.0781. The van der Waals surface area contributed by atoms with Crippen LogP contribution in [0.4, 0.5) is 0 Å². The van der Waals surface area contributed by atoms with E-state index in [9.17, 15) is 24.0 Å². The van der Waals surface area contributed by atoms with Gasteiger partial charge in [0.1, 0.15) is 13.2 Å². The van der Waals surface area contributed by atoms with Crippen LogP contribution in [0.5, 0.6) is 0 Å². The van der Waals surface area contributed by atoms with E-state index in [4.69, 9.17) is 4.74 Å². The lowest BCUT2D eigenvalue weighted by Gasteiger charge is -2.19. The van der Waals surface area contributed by atoms with Crippen molar-refractivity contribution >= 4 is 29.6 Å². The smallest absolute Gasteiger partial charge is 0.326 e. The summed E-state index contributed by atoms with van der Waals surface area (Å²) in [7, 11) is 0. The number of rotatable bonds is 5. The number of imide groups is 2. The van der Waals surface area contributed by atoms with Crippen LogP contribution in [0, 0.1) is 11.8 Å². The number of nitrogens with zero attached hydrogens (tertiary/aromatic N) is 2.